The molecule has 1 aromatic carbocycles. The molecule has 0 spiro atoms. The van der Waals surface area contributed by atoms with Gasteiger partial charge in [-0.05, 0) is 12.1 Å². The molecule has 1 aliphatic rings. The molecule has 1 saturated heterocycles. The molecule has 2 aromatic rings. The van der Waals surface area contributed by atoms with Crippen LogP contribution in [-0.2, 0) is 14.3 Å². The third kappa shape index (κ3) is 3.19. The smallest absolute Gasteiger partial charge is 0.302 e. The molecular formula is C16H14Cl3NO6. The number of hydrogen-bond acceptors (Lipinski definition) is 6. The quantitative estimate of drug-likeness (QED) is 0.580. The van der Waals surface area contributed by atoms with Crippen LogP contribution in [0.5, 0.6) is 0 Å². The Morgan fingerprint density at radius 2 is 1.92 bits per heavy atom. The van der Waals surface area contributed by atoms with E-state index in [4.69, 9.17) is 44.3 Å². The summed E-state index contributed by atoms with van der Waals surface area (Å²) in [6.07, 6.45) is -4.23. The fourth-order valence-electron chi connectivity index (χ4n) is 2.94. The molecule has 4 atom stereocenters. The van der Waals surface area contributed by atoms with Crippen LogP contribution in [0.15, 0.2) is 12.1 Å². The maximum atomic E-state index is 11.5. The third-order valence-corrected chi connectivity index (χ3v) is 5.29. The first-order valence-electron chi connectivity index (χ1n) is 7.54. The van der Waals surface area contributed by atoms with Gasteiger partial charge in [-0.1, -0.05) is 34.8 Å². The molecule has 0 radical (unpaired) electrons. The highest BCUT2D eigenvalue weighted by Crippen LogP contribution is 2.40. The van der Waals surface area contributed by atoms with Crippen LogP contribution in [-0.4, -0.2) is 52.0 Å². The van der Waals surface area contributed by atoms with Gasteiger partial charge in [0.15, 0.2) is 12.5 Å². The number of fused-ring (bicyclic) bond motifs is 1. The minimum Gasteiger partial charge on any atom is -0.463 e. The van der Waals surface area contributed by atoms with Crippen molar-refractivity contribution in [2.24, 2.45) is 0 Å². The van der Waals surface area contributed by atoms with Crippen LogP contribution >= 0.6 is 34.8 Å². The zero-order valence-electron chi connectivity index (χ0n) is 13.4. The fraction of sp³-hybridized carbons (Fsp3) is 0.375. The lowest BCUT2D eigenvalue weighted by Crippen LogP contribution is -2.34. The van der Waals surface area contributed by atoms with E-state index in [1.807, 2.05) is 0 Å². The minimum atomic E-state index is -1.38. The lowest BCUT2D eigenvalue weighted by molar-refractivity contribution is -0.147. The molecule has 0 saturated carbocycles. The summed E-state index contributed by atoms with van der Waals surface area (Å²) in [5.41, 5.74) is 0.546. The zero-order chi connectivity index (χ0) is 19.2. The summed E-state index contributed by atoms with van der Waals surface area (Å²) in [6.45, 7) is 0.974. The highest BCUT2D eigenvalue weighted by Gasteiger charge is 2.45. The molecule has 140 valence electrons. The van der Waals surface area contributed by atoms with Gasteiger partial charge in [-0.15, -0.1) is 0 Å². The van der Waals surface area contributed by atoms with Crippen molar-refractivity contribution in [2.75, 3.05) is 6.61 Å². The highest BCUT2D eigenvalue weighted by atomic mass is 35.5. The average molecular weight is 423 g/mol. The van der Waals surface area contributed by atoms with Crippen LogP contribution in [0.1, 0.15) is 23.5 Å². The Balaban J connectivity index is 2.07. The van der Waals surface area contributed by atoms with Crippen molar-refractivity contribution in [3.05, 3.63) is 32.9 Å². The van der Waals surface area contributed by atoms with Crippen LogP contribution < -0.4 is 0 Å². The number of aldehydes is 1. The van der Waals surface area contributed by atoms with Gasteiger partial charge in [0.25, 0.3) is 0 Å². The predicted octanol–water partition coefficient (Wildman–Crippen LogP) is 2.60. The standard InChI is InChI=1S/C16H14Cl3NO6/c1-6(22)25-5-12-13(23)14(24)16(26-12)20-11-3-10(18)9(17)2-7(11)8(4-21)15(20)19/h2-4,12-14,16,23-24H,5H2,1H3/t12-,13-,14-,16-/m1/s1. The van der Waals surface area contributed by atoms with E-state index < -0.39 is 30.5 Å². The zero-order valence-corrected chi connectivity index (χ0v) is 15.6. The van der Waals surface area contributed by atoms with Gasteiger partial charge in [-0.2, -0.15) is 0 Å². The molecule has 0 amide bonds. The molecule has 7 nitrogen and oxygen atoms in total. The van der Waals surface area contributed by atoms with E-state index in [9.17, 15) is 19.8 Å². The average Bonchev–Trinajstić information content (AvgIpc) is 3.00. The Bertz CT molecular complexity index is 883. The first-order valence-corrected chi connectivity index (χ1v) is 8.68. The predicted molar refractivity (Wildman–Crippen MR) is 94.9 cm³/mol. The van der Waals surface area contributed by atoms with Crippen LogP contribution in [0.25, 0.3) is 10.9 Å². The second kappa shape index (κ2) is 7.34. The van der Waals surface area contributed by atoms with Crippen LogP contribution in [0, 0.1) is 0 Å². The van der Waals surface area contributed by atoms with Gasteiger partial charge in [-0.25, -0.2) is 0 Å². The summed E-state index contributed by atoms with van der Waals surface area (Å²) in [4.78, 5) is 22.4. The van der Waals surface area contributed by atoms with E-state index in [-0.39, 0.29) is 27.4 Å². The van der Waals surface area contributed by atoms with E-state index in [0.29, 0.717) is 17.2 Å². The number of aliphatic hydroxyl groups is 2. The van der Waals surface area contributed by atoms with Crippen molar-refractivity contribution in [1.29, 1.82) is 0 Å². The topological polar surface area (TPSA) is 98.0 Å². The summed E-state index contributed by atoms with van der Waals surface area (Å²) < 4.78 is 11.8. The van der Waals surface area contributed by atoms with Crippen LogP contribution in [0.2, 0.25) is 15.2 Å². The summed E-state index contributed by atoms with van der Waals surface area (Å²) in [5, 5.41) is 21.5. The highest BCUT2D eigenvalue weighted by molar-refractivity contribution is 6.43. The Hall–Kier alpha value is -1.35. The van der Waals surface area contributed by atoms with Gasteiger partial charge in [-0.3, -0.25) is 9.59 Å². The molecule has 3 rings (SSSR count). The summed E-state index contributed by atoms with van der Waals surface area (Å²) in [6, 6.07) is 2.97. The number of rotatable bonds is 4. The molecular weight excluding hydrogens is 409 g/mol. The normalized spacial score (nSPS) is 25.6. The van der Waals surface area contributed by atoms with E-state index in [0.717, 1.165) is 0 Å². The van der Waals surface area contributed by atoms with E-state index >= 15 is 0 Å². The number of benzene rings is 1. The number of nitrogens with zero attached hydrogens (tertiary/aromatic N) is 1. The monoisotopic (exact) mass is 421 g/mol. The number of esters is 1. The molecule has 2 heterocycles. The molecule has 0 bridgehead atoms. The number of halogens is 3. The second-order valence-corrected chi connectivity index (χ2v) is 7.00. The number of carbonyl (C=O) groups excluding carboxylic acids is 2. The Kier molecular flexibility index (Phi) is 5.48. The molecule has 0 unspecified atom stereocenters. The van der Waals surface area contributed by atoms with E-state index in [1.165, 1.54) is 23.6 Å². The number of aromatic nitrogens is 1. The van der Waals surface area contributed by atoms with Crippen molar-refractivity contribution >= 4 is 58.0 Å². The molecule has 1 aromatic heterocycles. The van der Waals surface area contributed by atoms with Crippen molar-refractivity contribution in [3.63, 3.8) is 0 Å². The number of aliphatic hydroxyl groups excluding tert-OH is 2. The van der Waals surface area contributed by atoms with Crippen molar-refractivity contribution in [1.82, 2.24) is 4.57 Å². The largest absolute Gasteiger partial charge is 0.463 e. The first-order chi connectivity index (χ1) is 12.3. The Morgan fingerprint density at radius 1 is 1.27 bits per heavy atom. The van der Waals surface area contributed by atoms with Gasteiger partial charge < -0.3 is 24.3 Å². The van der Waals surface area contributed by atoms with Crippen LogP contribution in [0.4, 0.5) is 0 Å². The second-order valence-electron chi connectivity index (χ2n) is 5.82. The molecule has 1 aliphatic heterocycles. The minimum absolute atomic E-state index is 0.00211. The van der Waals surface area contributed by atoms with E-state index in [2.05, 4.69) is 0 Å². The molecule has 10 heteroatoms. The maximum Gasteiger partial charge on any atom is 0.302 e. The van der Waals surface area contributed by atoms with Gasteiger partial charge in [0.1, 0.15) is 30.1 Å². The molecule has 2 N–H and O–H groups in total. The van der Waals surface area contributed by atoms with Gasteiger partial charge in [0, 0.05) is 12.3 Å². The van der Waals surface area contributed by atoms with Gasteiger partial charge >= 0.3 is 5.97 Å². The number of ether oxygens (including phenoxy) is 2. The van der Waals surface area contributed by atoms with Gasteiger partial charge in [0.05, 0.1) is 21.1 Å². The maximum absolute atomic E-state index is 11.5. The van der Waals surface area contributed by atoms with Gasteiger partial charge in [0.2, 0.25) is 0 Å². The Morgan fingerprint density at radius 3 is 2.54 bits per heavy atom. The third-order valence-electron chi connectivity index (χ3n) is 4.18. The lowest BCUT2D eigenvalue weighted by atomic mass is 10.1. The summed E-state index contributed by atoms with van der Waals surface area (Å²) in [5.74, 6) is -0.548. The van der Waals surface area contributed by atoms with Crippen LogP contribution in [0.3, 0.4) is 0 Å². The summed E-state index contributed by atoms with van der Waals surface area (Å²) in [7, 11) is 0. The van der Waals surface area contributed by atoms with Crippen molar-refractivity contribution < 1.29 is 29.3 Å². The number of hydrogen-bond donors (Lipinski definition) is 2. The number of carbonyl (C=O) groups is 2. The first kappa shape index (κ1) is 19.4. The fourth-order valence-corrected chi connectivity index (χ4v) is 3.59. The molecule has 0 aliphatic carbocycles. The van der Waals surface area contributed by atoms with Crippen molar-refractivity contribution in [2.45, 2.75) is 31.5 Å². The van der Waals surface area contributed by atoms with Crippen molar-refractivity contribution in [3.8, 4) is 0 Å². The SMILES string of the molecule is CC(=O)OC[C@H]1O[C@@H](n2c(Cl)c(C=O)c3cc(Cl)c(Cl)cc32)[C@H](O)[C@@H]1O. The molecule has 26 heavy (non-hydrogen) atoms. The van der Waals surface area contributed by atoms with E-state index in [1.54, 1.807) is 0 Å². The molecule has 1 fully saturated rings. The Labute approximate surface area is 162 Å². The summed E-state index contributed by atoms with van der Waals surface area (Å²) >= 11 is 18.4. The lowest BCUT2D eigenvalue weighted by Gasteiger charge is -2.19.